The van der Waals surface area contributed by atoms with Gasteiger partial charge in [0, 0.05) is 69.3 Å². The summed E-state index contributed by atoms with van der Waals surface area (Å²) in [4.78, 5) is 1.28. The molecule has 0 saturated carbocycles. The minimum Gasteiger partial charge on any atom is -0.309 e. The van der Waals surface area contributed by atoms with Crippen molar-refractivity contribution >= 4 is 118 Å². The second kappa shape index (κ2) is 15.8. The summed E-state index contributed by atoms with van der Waals surface area (Å²) in [6.07, 6.45) is 0. The lowest BCUT2D eigenvalue weighted by molar-refractivity contribution is 1.17. The maximum absolute atomic E-state index is 2.52. The fourth-order valence-corrected chi connectivity index (χ4v) is 14.4. The molecule has 5 heterocycles. The van der Waals surface area contributed by atoms with Crippen LogP contribution in [0.25, 0.3) is 145 Å². The molecule has 0 unspecified atom stereocenters. The molecule has 73 heavy (non-hydrogen) atoms. The number of benzene rings is 11. The number of nitrogens with zero attached hydrogens (tertiary/aromatic N) is 3. The predicted molar refractivity (Wildman–Crippen MR) is 314 cm³/mol. The van der Waals surface area contributed by atoms with Gasteiger partial charge in [-0.1, -0.05) is 164 Å². The molecule has 5 aromatic heterocycles. The molecule has 5 heteroatoms. The van der Waals surface area contributed by atoms with Gasteiger partial charge in [0.1, 0.15) is 4.83 Å². The Labute approximate surface area is 427 Å². The molecule has 0 amide bonds. The summed E-state index contributed by atoms with van der Waals surface area (Å²) in [5.41, 5.74) is 16.7. The molecule has 0 spiro atoms. The Morgan fingerprint density at radius 3 is 1.48 bits per heavy atom. The monoisotopic (exact) mass is 963 g/mol. The molecule has 11 aromatic carbocycles. The van der Waals surface area contributed by atoms with E-state index >= 15 is 0 Å². The van der Waals surface area contributed by atoms with Crippen LogP contribution < -0.4 is 0 Å². The van der Waals surface area contributed by atoms with Gasteiger partial charge in [0.2, 0.25) is 0 Å². The van der Waals surface area contributed by atoms with E-state index in [9.17, 15) is 0 Å². The Balaban J connectivity index is 0.924. The van der Waals surface area contributed by atoms with E-state index in [1.807, 2.05) is 22.7 Å². The fourth-order valence-electron chi connectivity index (χ4n) is 11.9. The molecule has 0 saturated heterocycles. The minimum absolute atomic E-state index is 1.13. The third-order valence-electron chi connectivity index (χ3n) is 15.3. The van der Waals surface area contributed by atoms with Crippen molar-refractivity contribution in [2.75, 3.05) is 0 Å². The topological polar surface area (TPSA) is 14.8 Å². The van der Waals surface area contributed by atoms with Crippen molar-refractivity contribution in [3.63, 3.8) is 0 Å². The highest BCUT2D eigenvalue weighted by atomic mass is 32.1. The Hall–Kier alpha value is -9.00. The summed E-state index contributed by atoms with van der Waals surface area (Å²) in [7, 11) is 0. The molecule has 0 atom stereocenters. The van der Waals surface area contributed by atoms with Crippen LogP contribution in [0.3, 0.4) is 0 Å². The van der Waals surface area contributed by atoms with Crippen molar-refractivity contribution in [1.29, 1.82) is 0 Å². The summed E-state index contributed by atoms with van der Waals surface area (Å²) < 4.78 is 11.4. The van der Waals surface area contributed by atoms with E-state index in [0.717, 1.165) is 5.69 Å². The summed E-state index contributed by atoms with van der Waals surface area (Å²) in [5.74, 6) is 0. The van der Waals surface area contributed by atoms with E-state index in [-0.39, 0.29) is 0 Å². The van der Waals surface area contributed by atoms with Crippen LogP contribution in [-0.4, -0.2) is 13.7 Å². The van der Waals surface area contributed by atoms with E-state index in [1.54, 1.807) is 0 Å². The number of aromatic nitrogens is 3. The number of hydrogen-bond acceptors (Lipinski definition) is 2. The van der Waals surface area contributed by atoms with Crippen LogP contribution in [0.5, 0.6) is 0 Å². The van der Waals surface area contributed by atoms with Gasteiger partial charge in [0.25, 0.3) is 0 Å². The molecule has 0 aliphatic heterocycles. The molecule has 0 bridgehead atoms. The van der Waals surface area contributed by atoms with Gasteiger partial charge in [-0.15, -0.1) is 22.7 Å². The SMILES string of the molecule is c1ccc(-c2ccc(-c3ccc(-n4c5ccc(-c6ccc7c(c6)c6c8ccccc8sc6n7-c6ccccc6)cc5c5cc6c7ccccc7n(-c7cccc8c7sc7ccccc78)c6cc54)cc3)cc2)cc1. The number of thiophene rings is 2. The van der Waals surface area contributed by atoms with Crippen LogP contribution in [0.2, 0.25) is 0 Å². The van der Waals surface area contributed by atoms with Crippen molar-refractivity contribution in [2.45, 2.75) is 0 Å². The molecule has 0 fully saturated rings. The second-order valence-electron chi connectivity index (χ2n) is 19.2. The van der Waals surface area contributed by atoms with Gasteiger partial charge in [0.15, 0.2) is 0 Å². The Bertz CT molecular complexity index is 4870. The normalized spacial score (nSPS) is 12.1. The van der Waals surface area contributed by atoms with Crippen molar-refractivity contribution < 1.29 is 0 Å². The maximum atomic E-state index is 2.52. The van der Waals surface area contributed by atoms with E-state index in [4.69, 9.17) is 0 Å². The molecule has 16 rings (SSSR count). The Morgan fingerprint density at radius 2 is 0.740 bits per heavy atom. The lowest BCUT2D eigenvalue weighted by atomic mass is 10.00. The first kappa shape index (κ1) is 40.7. The summed E-state index contributed by atoms with van der Waals surface area (Å²) in [6, 6.07) is 92.1. The van der Waals surface area contributed by atoms with Gasteiger partial charge in [-0.3, -0.25) is 0 Å². The maximum Gasteiger partial charge on any atom is 0.109 e. The summed E-state index contributed by atoms with van der Waals surface area (Å²) >= 11 is 3.76. The fraction of sp³-hybridized carbons (Fsp3) is 0. The molecule has 16 aromatic rings. The standard InChI is InChI=1S/C68H41N3S2/c1-3-14-42(15-4-1)43-26-28-44(29-27-43)45-30-34-49(35-31-45)69-59-36-32-46(47-33-37-60-57(39-47)66-53-20-9-12-25-65(53)73-68(66)70(60)48-16-5-2-6-17-48)38-54(59)56-40-55-50-18-7-10-22-58(50)71(63(55)41-62(56)69)61-23-13-21-52-51-19-8-11-24-64(51)72-67(52)61/h1-41H. The minimum atomic E-state index is 1.13. The molecule has 0 aliphatic carbocycles. The summed E-state index contributed by atoms with van der Waals surface area (Å²) in [6.45, 7) is 0. The number of rotatable bonds is 6. The van der Waals surface area contributed by atoms with Gasteiger partial charge in [0.05, 0.1) is 38.0 Å². The molecule has 0 N–H and O–H groups in total. The van der Waals surface area contributed by atoms with Crippen molar-refractivity contribution in [3.05, 3.63) is 249 Å². The smallest absolute Gasteiger partial charge is 0.109 e. The molecule has 0 radical (unpaired) electrons. The highest BCUT2D eigenvalue weighted by molar-refractivity contribution is 7.26. The van der Waals surface area contributed by atoms with Crippen LogP contribution in [-0.2, 0) is 0 Å². The quantitative estimate of drug-likeness (QED) is 0.158. The molecule has 3 nitrogen and oxygen atoms in total. The van der Waals surface area contributed by atoms with Crippen molar-refractivity contribution in [2.24, 2.45) is 0 Å². The largest absolute Gasteiger partial charge is 0.309 e. The molecule has 0 aliphatic rings. The average Bonchev–Trinajstić information content (AvgIpc) is 4.26. The van der Waals surface area contributed by atoms with Crippen molar-refractivity contribution in [3.8, 4) is 50.4 Å². The van der Waals surface area contributed by atoms with Gasteiger partial charge in [-0.25, -0.2) is 0 Å². The lowest BCUT2D eigenvalue weighted by Crippen LogP contribution is -1.96. The zero-order chi connectivity index (χ0) is 47.7. The van der Waals surface area contributed by atoms with Gasteiger partial charge < -0.3 is 13.7 Å². The Kier molecular flexibility index (Phi) is 8.78. The third kappa shape index (κ3) is 6.10. The van der Waals surface area contributed by atoms with Crippen LogP contribution in [0.4, 0.5) is 0 Å². The number of fused-ring (bicyclic) bond motifs is 14. The first-order chi connectivity index (χ1) is 36.2. The Morgan fingerprint density at radius 1 is 0.247 bits per heavy atom. The first-order valence-electron chi connectivity index (χ1n) is 24.9. The zero-order valence-corrected chi connectivity index (χ0v) is 41.0. The van der Waals surface area contributed by atoms with Gasteiger partial charge in [-0.2, -0.15) is 0 Å². The van der Waals surface area contributed by atoms with Gasteiger partial charge >= 0.3 is 0 Å². The number of hydrogen-bond donors (Lipinski definition) is 0. The second-order valence-corrected chi connectivity index (χ2v) is 21.3. The highest BCUT2D eigenvalue weighted by Crippen LogP contribution is 2.46. The highest BCUT2D eigenvalue weighted by Gasteiger charge is 2.23. The van der Waals surface area contributed by atoms with Crippen LogP contribution >= 0.6 is 22.7 Å². The first-order valence-corrected chi connectivity index (χ1v) is 26.5. The number of para-hydroxylation sites is 2. The van der Waals surface area contributed by atoms with Crippen LogP contribution in [0, 0.1) is 0 Å². The third-order valence-corrected chi connectivity index (χ3v) is 17.6. The van der Waals surface area contributed by atoms with Crippen LogP contribution in [0.1, 0.15) is 0 Å². The predicted octanol–water partition coefficient (Wildman–Crippen LogP) is 19.6. The van der Waals surface area contributed by atoms with Crippen molar-refractivity contribution in [1.82, 2.24) is 13.7 Å². The summed E-state index contributed by atoms with van der Waals surface area (Å²) in [5, 5.41) is 11.5. The average molecular weight is 964 g/mol. The van der Waals surface area contributed by atoms with E-state index in [1.165, 1.54) is 140 Å². The van der Waals surface area contributed by atoms with Crippen LogP contribution in [0.15, 0.2) is 249 Å². The van der Waals surface area contributed by atoms with Gasteiger partial charge in [-0.05, 0) is 118 Å². The zero-order valence-electron chi connectivity index (χ0n) is 39.3. The molecular formula is C68H41N3S2. The lowest BCUT2D eigenvalue weighted by Gasteiger charge is -2.12. The van der Waals surface area contributed by atoms with E-state index < -0.39 is 0 Å². The van der Waals surface area contributed by atoms with E-state index in [2.05, 4.69) is 262 Å². The molecular weight excluding hydrogens is 923 g/mol. The molecule has 340 valence electrons. The van der Waals surface area contributed by atoms with E-state index in [0.29, 0.717) is 0 Å².